The maximum atomic E-state index is 6.17. The molecule has 0 fully saturated rings. The van der Waals surface area contributed by atoms with E-state index >= 15 is 0 Å². The lowest BCUT2D eigenvalue weighted by atomic mass is 10.1. The highest BCUT2D eigenvalue weighted by molar-refractivity contribution is 6.29. The van der Waals surface area contributed by atoms with Gasteiger partial charge < -0.3 is 14.4 Å². The Balaban J connectivity index is 1.88. The van der Waals surface area contributed by atoms with Crippen LogP contribution in [0.25, 0.3) is 0 Å². The summed E-state index contributed by atoms with van der Waals surface area (Å²) in [6, 6.07) is 17.7. The minimum atomic E-state index is 0.437. The molecule has 0 saturated heterocycles. The number of aryl methyl sites for hydroxylation is 1. The van der Waals surface area contributed by atoms with Gasteiger partial charge in [0, 0.05) is 18.8 Å². The van der Waals surface area contributed by atoms with Gasteiger partial charge in [0.25, 0.3) is 0 Å². The summed E-state index contributed by atoms with van der Waals surface area (Å²) in [6.45, 7) is 3.21. The Morgan fingerprint density at radius 2 is 1.30 bits per heavy atom. The predicted molar refractivity (Wildman–Crippen MR) is 108 cm³/mol. The molecule has 1 heterocycles. The highest BCUT2D eigenvalue weighted by Gasteiger charge is 2.13. The maximum Gasteiger partial charge on any atom is 0.227 e. The standard InChI is InChI=1S/C21H22ClN3O2/c1-15-12-20(22)24-21(23-15)25(13-16-4-8-18(26-2)9-5-16)14-17-6-10-19(27-3)11-7-17/h4-12H,13-14H2,1-3H3. The average Bonchev–Trinajstić information content (AvgIpc) is 2.68. The molecule has 6 heteroatoms. The molecule has 2 aromatic carbocycles. The van der Waals surface area contributed by atoms with E-state index in [4.69, 9.17) is 21.1 Å². The zero-order valence-corrected chi connectivity index (χ0v) is 16.4. The van der Waals surface area contributed by atoms with E-state index in [1.165, 1.54) is 0 Å². The number of hydrogen-bond donors (Lipinski definition) is 0. The van der Waals surface area contributed by atoms with Crippen LogP contribution in [0.4, 0.5) is 5.95 Å². The Morgan fingerprint density at radius 3 is 1.70 bits per heavy atom. The SMILES string of the molecule is COc1ccc(CN(Cc2ccc(OC)cc2)c2nc(C)cc(Cl)n2)cc1. The van der Waals surface area contributed by atoms with Crippen LogP contribution in [0, 0.1) is 6.92 Å². The van der Waals surface area contributed by atoms with Gasteiger partial charge in [-0.1, -0.05) is 35.9 Å². The predicted octanol–water partition coefficient (Wildman–Crippen LogP) is 4.66. The van der Waals surface area contributed by atoms with Crippen molar-refractivity contribution in [2.24, 2.45) is 0 Å². The van der Waals surface area contributed by atoms with Crippen molar-refractivity contribution < 1.29 is 9.47 Å². The molecule has 1 aromatic heterocycles. The van der Waals surface area contributed by atoms with Crippen molar-refractivity contribution in [2.45, 2.75) is 20.0 Å². The number of halogens is 1. The fourth-order valence-electron chi connectivity index (χ4n) is 2.76. The summed E-state index contributed by atoms with van der Waals surface area (Å²) in [5, 5.41) is 0.437. The van der Waals surface area contributed by atoms with E-state index in [-0.39, 0.29) is 0 Å². The van der Waals surface area contributed by atoms with Crippen molar-refractivity contribution in [1.29, 1.82) is 0 Å². The molecule has 0 saturated carbocycles. The lowest BCUT2D eigenvalue weighted by Crippen LogP contribution is -2.24. The monoisotopic (exact) mass is 383 g/mol. The molecule has 140 valence electrons. The van der Waals surface area contributed by atoms with Gasteiger partial charge in [-0.05, 0) is 48.4 Å². The van der Waals surface area contributed by atoms with Gasteiger partial charge in [-0.3, -0.25) is 0 Å². The first-order valence-electron chi connectivity index (χ1n) is 8.59. The molecule has 0 aliphatic carbocycles. The van der Waals surface area contributed by atoms with Crippen LogP contribution in [0.1, 0.15) is 16.8 Å². The fourth-order valence-corrected chi connectivity index (χ4v) is 2.99. The minimum Gasteiger partial charge on any atom is -0.497 e. The van der Waals surface area contributed by atoms with Crippen LogP contribution in [0.5, 0.6) is 11.5 Å². The number of nitrogens with zero attached hydrogens (tertiary/aromatic N) is 3. The normalized spacial score (nSPS) is 10.5. The minimum absolute atomic E-state index is 0.437. The van der Waals surface area contributed by atoms with E-state index in [1.807, 2.05) is 55.5 Å². The molecule has 0 spiro atoms. The Hall–Kier alpha value is -2.79. The molecule has 27 heavy (non-hydrogen) atoms. The topological polar surface area (TPSA) is 47.5 Å². The Kier molecular flexibility index (Phi) is 6.14. The van der Waals surface area contributed by atoms with Crippen LogP contribution in [0.3, 0.4) is 0 Å². The van der Waals surface area contributed by atoms with Crippen molar-refractivity contribution in [3.8, 4) is 11.5 Å². The van der Waals surface area contributed by atoms with Gasteiger partial charge in [-0.25, -0.2) is 9.97 Å². The van der Waals surface area contributed by atoms with Crippen molar-refractivity contribution >= 4 is 17.5 Å². The molecule has 0 radical (unpaired) electrons. The van der Waals surface area contributed by atoms with Crippen molar-refractivity contribution in [1.82, 2.24) is 9.97 Å². The lowest BCUT2D eigenvalue weighted by Gasteiger charge is -2.23. The van der Waals surface area contributed by atoms with Gasteiger partial charge in [-0.15, -0.1) is 0 Å². The number of methoxy groups -OCH3 is 2. The number of ether oxygens (including phenoxy) is 2. The quantitative estimate of drug-likeness (QED) is 0.555. The van der Waals surface area contributed by atoms with E-state index in [1.54, 1.807) is 20.3 Å². The molecule has 3 aromatic rings. The smallest absolute Gasteiger partial charge is 0.227 e. The molecule has 0 aliphatic rings. The molecule has 0 N–H and O–H groups in total. The van der Waals surface area contributed by atoms with Gasteiger partial charge in [-0.2, -0.15) is 0 Å². The first-order chi connectivity index (χ1) is 13.1. The fraction of sp³-hybridized carbons (Fsp3) is 0.238. The van der Waals surface area contributed by atoms with E-state index in [9.17, 15) is 0 Å². The van der Waals surface area contributed by atoms with Crippen molar-refractivity contribution in [3.63, 3.8) is 0 Å². The number of benzene rings is 2. The molecular weight excluding hydrogens is 362 g/mol. The van der Waals surface area contributed by atoms with E-state index in [2.05, 4.69) is 14.9 Å². The number of rotatable bonds is 7. The van der Waals surface area contributed by atoms with Gasteiger partial charge >= 0.3 is 0 Å². The Bertz CT molecular complexity index is 813. The second kappa shape index (κ2) is 8.73. The summed E-state index contributed by atoms with van der Waals surface area (Å²) in [7, 11) is 3.32. The van der Waals surface area contributed by atoms with Gasteiger partial charge in [0.15, 0.2) is 0 Å². The second-order valence-electron chi connectivity index (χ2n) is 6.18. The summed E-state index contributed by atoms with van der Waals surface area (Å²) in [5.41, 5.74) is 3.09. The summed E-state index contributed by atoms with van der Waals surface area (Å²) in [5.74, 6) is 2.26. The summed E-state index contributed by atoms with van der Waals surface area (Å²) >= 11 is 6.17. The largest absolute Gasteiger partial charge is 0.497 e. The van der Waals surface area contributed by atoms with Crippen molar-refractivity contribution in [3.05, 3.63) is 76.6 Å². The zero-order valence-electron chi connectivity index (χ0n) is 15.6. The average molecular weight is 384 g/mol. The van der Waals surface area contributed by atoms with Crippen molar-refractivity contribution in [2.75, 3.05) is 19.1 Å². The van der Waals surface area contributed by atoms with Gasteiger partial charge in [0.2, 0.25) is 5.95 Å². The van der Waals surface area contributed by atoms with Crippen LogP contribution in [0.15, 0.2) is 54.6 Å². The van der Waals surface area contributed by atoms with Gasteiger partial charge in [0.1, 0.15) is 16.7 Å². The Labute approximate surface area is 164 Å². The molecule has 0 atom stereocenters. The zero-order chi connectivity index (χ0) is 19.2. The van der Waals surface area contributed by atoms with Crippen LogP contribution in [-0.2, 0) is 13.1 Å². The molecule has 5 nitrogen and oxygen atoms in total. The second-order valence-corrected chi connectivity index (χ2v) is 6.57. The highest BCUT2D eigenvalue weighted by Crippen LogP contribution is 2.21. The number of anilines is 1. The third kappa shape index (κ3) is 5.11. The highest BCUT2D eigenvalue weighted by atomic mass is 35.5. The van der Waals surface area contributed by atoms with Crippen LogP contribution >= 0.6 is 11.6 Å². The Morgan fingerprint density at radius 1 is 0.815 bits per heavy atom. The molecule has 0 amide bonds. The van der Waals surface area contributed by atoms with Crippen LogP contribution in [-0.4, -0.2) is 24.2 Å². The van der Waals surface area contributed by atoms with Gasteiger partial charge in [0.05, 0.1) is 14.2 Å². The first-order valence-corrected chi connectivity index (χ1v) is 8.97. The summed E-state index contributed by atoms with van der Waals surface area (Å²) < 4.78 is 10.5. The maximum absolute atomic E-state index is 6.17. The molecule has 3 rings (SSSR count). The van der Waals surface area contributed by atoms with Crippen LogP contribution in [0.2, 0.25) is 5.15 Å². The molecule has 0 aliphatic heterocycles. The third-order valence-corrected chi connectivity index (χ3v) is 4.35. The van der Waals surface area contributed by atoms with E-state index < -0.39 is 0 Å². The molecular formula is C21H22ClN3O2. The summed E-state index contributed by atoms with van der Waals surface area (Å²) in [4.78, 5) is 11.1. The third-order valence-electron chi connectivity index (χ3n) is 4.16. The number of hydrogen-bond acceptors (Lipinski definition) is 5. The van der Waals surface area contributed by atoms with Crippen LogP contribution < -0.4 is 14.4 Å². The lowest BCUT2D eigenvalue weighted by molar-refractivity contribution is 0.414. The number of aromatic nitrogens is 2. The van der Waals surface area contributed by atoms with E-state index in [0.717, 1.165) is 28.3 Å². The van der Waals surface area contributed by atoms with E-state index in [0.29, 0.717) is 24.2 Å². The first kappa shape index (κ1) is 19.0. The molecule has 0 unspecified atom stereocenters. The summed E-state index contributed by atoms with van der Waals surface area (Å²) in [6.07, 6.45) is 0. The molecule has 0 bridgehead atoms.